The molecular formula is C20H24FN3O4S. The van der Waals surface area contributed by atoms with Gasteiger partial charge in [-0.3, -0.25) is 4.79 Å². The van der Waals surface area contributed by atoms with Gasteiger partial charge in [0.25, 0.3) is 0 Å². The van der Waals surface area contributed by atoms with Gasteiger partial charge in [-0.2, -0.15) is 0 Å². The SMILES string of the molecule is CC1CCC(NS(=O)(=O)CC(=O)Nc2ccc(Oc3ccc(F)cc3)nc2)CC1. The summed E-state index contributed by atoms with van der Waals surface area (Å²) in [5, 5.41) is 2.52. The molecule has 0 radical (unpaired) electrons. The summed E-state index contributed by atoms with van der Waals surface area (Å²) in [6, 6.07) is 8.45. The van der Waals surface area contributed by atoms with Crippen molar-refractivity contribution in [1.29, 1.82) is 0 Å². The third-order valence-corrected chi connectivity index (χ3v) is 6.07. The molecule has 1 amide bonds. The molecule has 0 bridgehead atoms. The van der Waals surface area contributed by atoms with E-state index in [1.165, 1.54) is 36.5 Å². The third-order valence-electron chi connectivity index (χ3n) is 4.74. The van der Waals surface area contributed by atoms with Crippen LogP contribution in [-0.2, 0) is 14.8 Å². The van der Waals surface area contributed by atoms with Crippen LogP contribution in [-0.4, -0.2) is 31.1 Å². The van der Waals surface area contributed by atoms with Crippen molar-refractivity contribution in [3.05, 3.63) is 48.4 Å². The van der Waals surface area contributed by atoms with Crippen LogP contribution in [0.2, 0.25) is 0 Å². The molecular weight excluding hydrogens is 397 g/mol. The highest BCUT2D eigenvalue weighted by molar-refractivity contribution is 7.90. The number of rotatable bonds is 7. The summed E-state index contributed by atoms with van der Waals surface area (Å²) in [7, 11) is -3.71. The molecule has 0 atom stereocenters. The molecule has 7 nitrogen and oxygen atoms in total. The number of amides is 1. The average Bonchev–Trinajstić information content (AvgIpc) is 2.66. The maximum absolute atomic E-state index is 12.9. The van der Waals surface area contributed by atoms with Gasteiger partial charge in [-0.15, -0.1) is 0 Å². The van der Waals surface area contributed by atoms with Crippen molar-refractivity contribution in [1.82, 2.24) is 9.71 Å². The maximum Gasteiger partial charge on any atom is 0.241 e. The summed E-state index contributed by atoms with van der Waals surface area (Å²) in [5.41, 5.74) is 0.350. The van der Waals surface area contributed by atoms with E-state index in [0.717, 1.165) is 25.7 Å². The molecule has 1 aromatic heterocycles. The van der Waals surface area contributed by atoms with Crippen molar-refractivity contribution in [2.24, 2.45) is 5.92 Å². The van der Waals surface area contributed by atoms with Gasteiger partial charge >= 0.3 is 0 Å². The molecule has 156 valence electrons. The number of halogens is 1. The normalized spacial score (nSPS) is 19.5. The summed E-state index contributed by atoms with van der Waals surface area (Å²) < 4.78 is 45.5. The first-order valence-electron chi connectivity index (χ1n) is 9.48. The van der Waals surface area contributed by atoms with Gasteiger partial charge in [0.2, 0.25) is 21.8 Å². The number of hydrogen-bond acceptors (Lipinski definition) is 5. The van der Waals surface area contributed by atoms with E-state index in [4.69, 9.17) is 4.74 Å². The predicted octanol–water partition coefficient (Wildman–Crippen LogP) is 3.45. The Labute approximate surface area is 169 Å². The van der Waals surface area contributed by atoms with Crippen LogP contribution in [0, 0.1) is 11.7 Å². The zero-order chi connectivity index (χ0) is 20.9. The number of sulfonamides is 1. The fourth-order valence-corrected chi connectivity index (χ4v) is 4.43. The summed E-state index contributed by atoms with van der Waals surface area (Å²) in [5.74, 6) is -0.365. The topological polar surface area (TPSA) is 97.4 Å². The Bertz CT molecular complexity index is 925. The molecule has 1 aliphatic carbocycles. The molecule has 0 spiro atoms. The molecule has 2 aromatic rings. The number of nitrogens with zero attached hydrogens (tertiary/aromatic N) is 1. The van der Waals surface area contributed by atoms with Crippen LogP contribution in [0.25, 0.3) is 0 Å². The highest BCUT2D eigenvalue weighted by Crippen LogP contribution is 2.24. The van der Waals surface area contributed by atoms with Crippen LogP contribution in [0.1, 0.15) is 32.6 Å². The minimum atomic E-state index is -3.71. The second-order valence-corrected chi connectivity index (χ2v) is 9.08. The number of pyridine rings is 1. The number of carbonyl (C=O) groups is 1. The van der Waals surface area contributed by atoms with E-state index in [1.807, 2.05) is 0 Å². The number of nitrogens with one attached hydrogen (secondary N) is 2. The summed E-state index contributed by atoms with van der Waals surface area (Å²) in [6.07, 6.45) is 4.91. The fourth-order valence-electron chi connectivity index (χ4n) is 3.18. The number of aromatic nitrogens is 1. The van der Waals surface area contributed by atoms with E-state index in [9.17, 15) is 17.6 Å². The number of carbonyl (C=O) groups excluding carboxylic acids is 1. The molecule has 2 N–H and O–H groups in total. The molecule has 0 aliphatic heterocycles. The monoisotopic (exact) mass is 421 g/mol. The molecule has 29 heavy (non-hydrogen) atoms. The zero-order valence-electron chi connectivity index (χ0n) is 16.1. The quantitative estimate of drug-likeness (QED) is 0.714. The number of anilines is 1. The molecule has 1 aliphatic rings. The standard InChI is InChI=1S/C20H24FN3O4S/c1-14-2-6-16(7-3-14)24-29(26,27)13-19(25)23-17-8-11-20(22-12-17)28-18-9-4-15(21)5-10-18/h4-5,8-12,14,16,24H,2-3,6-7,13H2,1H3,(H,23,25). The number of hydrogen-bond donors (Lipinski definition) is 2. The van der Waals surface area contributed by atoms with E-state index >= 15 is 0 Å². The maximum atomic E-state index is 12.9. The molecule has 0 saturated heterocycles. The Hall–Kier alpha value is -2.52. The first-order chi connectivity index (χ1) is 13.8. The average molecular weight is 421 g/mol. The largest absolute Gasteiger partial charge is 0.439 e. The van der Waals surface area contributed by atoms with Gasteiger partial charge in [-0.05, 0) is 61.9 Å². The summed E-state index contributed by atoms with van der Waals surface area (Å²) in [6.45, 7) is 2.15. The Balaban J connectivity index is 1.50. The smallest absolute Gasteiger partial charge is 0.241 e. The highest BCUT2D eigenvalue weighted by atomic mass is 32.2. The van der Waals surface area contributed by atoms with E-state index in [2.05, 4.69) is 21.9 Å². The van der Waals surface area contributed by atoms with E-state index in [-0.39, 0.29) is 17.7 Å². The van der Waals surface area contributed by atoms with Gasteiger partial charge in [-0.25, -0.2) is 22.5 Å². The van der Waals surface area contributed by atoms with E-state index in [1.54, 1.807) is 6.07 Å². The lowest BCUT2D eigenvalue weighted by Gasteiger charge is -2.26. The molecule has 1 heterocycles. The van der Waals surface area contributed by atoms with Crippen LogP contribution < -0.4 is 14.8 Å². The van der Waals surface area contributed by atoms with E-state index < -0.39 is 21.7 Å². The fraction of sp³-hybridized carbons (Fsp3) is 0.400. The lowest BCUT2D eigenvalue weighted by molar-refractivity contribution is -0.113. The van der Waals surface area contributed by atoms with Crippen molar-refractivity contribution < 1.29 is 22.3 Å². The molecule has 0 unspecified atom stereocenters. The van der Waals surface area contributed by atoms with Crippen molar-refractivity contribution in [3.63, 3.8) is 0 Å². The highest BCUT2D eigenvalue weighted by Gasteiger charge is 2.24. The van der Waals surface area contributed by atoms with Crippen molar-refractivity contribution in [2.45, 2.75) is 38.6 Å². The van der Waals surface area contributed by atoms with Crippen molar-refractivity contribution >= 4 is 21.6 Å². The second kappa shape index (κ2) is 9.32. The van der Waals surface area contributed by atoms with Gasteiger partial charge in [0.15, 0.2) is 0 Å². The molecule has 1 aromatic carbocycles. The minimum Gasteiger partial charge on any atom is -0.439 e. The van der Waals surface area contributed by atoms with Crippen molar-refractivity contribution in [2.75, 3.05) is 11.1 Å². The Morgan fingerprint density at radius 3 is 2.45 bits per heavy atom. The van der Waals surface area contributed by atoms with E-state index in [0.29, 0.717) is 17.4 Å². The zero-order valence-corrected chi connectivity index (χ0v) is 16.9. The molecule has 1 saturated carbocycles. The predicted molar refractivity (Wildman–Crippen MR) is 108 cm³/mol. The van der Waals surface area contributed by atoms with Gasteiger partial charge < -0.3 is 10.1 Å². The Morgan fingerprint density at radius 1 is 1.14 bits per heavy atom. The van der Waals surface area contributed by atoms with Crippen LogP contribution in [0.4, 0.5) is 10.1 Å². The van der Waals surface area contributed by atoms with Crippen LogP contribution in [0.3, 0.4) is 0 Å². The summed E-state index contributed by atoms with van der Waals surface area (Å²) in [4.78, 5) is 16.2. The lowest BCUT2D eigenvalue weighted by atomic mass is 9.88. The molecule has 1 fully saturated rings. The van der Waals surface area contributed by atoms with Gasteiger partial charge in [0.1, 0.15) is 17.3 Å². The minimum absolute atomic E-state index is 0.103. The number of benzene rings is 1. The second-order valence-electron chi connectivity index (χ2n) is 7.32. The van der Waals surface area contributed by atoms with Gasteiger partial charge in [0, 0.05) is 12.1 Å². The van der Waals surface area contributed by atoms with Crippen LogP contribution >= 0.6 is 0 Å². The first kappa shape index (κ1) is 21.2. The molecule has 9 heteroatoms. The van der Waals surface area contributed by atoms with Crippen molar-refractivity contribution in [3.8, 4) is 11.6 Å². The Morgan fingerprint density at radius 2 is 1.83 bits per heavy atom. The Kier molecular flexibility index (Phi) is 6.81. The lowest BCUT2D eigenvalue weighted by Crippen LogP contribution is -2.41. The summed E-state index contributed by atoms with van der Waals surface area (Å²) >= 11 is 0. The van der Waals surface area contributed by atoms with Crippen LogP contribution in [0.5, 0.6) is 11.6 Å². The number of ether oxygens (including phenoxy) is 1. The molecule has 3 rings (SSSR count). The third kappa shape index (κ3) is 6.79. The van der Waals surface area contributed by atoms with Gasteiger partial charge in [0.05, 0.1) is 11.9 Å². The van der Waals surface area contributed by atoms with Crippen LogP contribution in [0.15, 0.2) is 42.6 Å². The first-order valence-corrected chi connectivity index (χ1v) is 11.1. The van der Waals surface area contributed by atoms with Gasteiger partial charge in [-0.1, -0.05) is 6.92 Å².